The van der Waals surface area contributed by atoms with E-state index in [2.05, 4.69) is 15.5 Å². The van der Waals surface area contributed by atoms with Crippen molar-refractivity contribution in [3.8, 4) is 0 Å². The summed E-state index contributed by atoms with van der Waals surface area (Å²) in [5, 5.41) is 7.15. The van der Waals surface area contributed by atoms with E-state index in [0.717, 1.165) is 24.3 Å². The lowest BCUT2D eigenvalue weighted by Crippen LogP contribution is -2.29. The minimum Gasteiger partial charge on any atom is -0.338 e. The Kier molecular flexibility index (Phi) is 3.00. The van der Waals surface area contributed by atoms with Crippen molar-refractivity contribution in [3.05, 3.63) is 47.1 Å². The van der Waals surface area contributed by atoms with E-state index in [9.17, 15) is 9.59 Å². The van der Waals surface area contributed by atoms with Crippen LogP contribution < -0.4 is 5.32 Å². The van der Waals surface area contributed by atoms with Gasteiger partial charge in [0.15, 0.2) is 5.82 Å². The molecule has 2 amide bonds. The predicted octanol–water partition coefficient (Wildman–Crippen LogP) is 1.29. The van der Waals surface area contributed by atoms with E-state index in [4.69, 9.17) is 4.52 Å². The highest BCUT2D eigenvalue weighted by molar-refractivity contribution is 6.21. The van der Waals surface area contributed by atoms with Gasteiger partial charge in [0.25, 0.3) is 11.8 Å². The number of rotatable bonds is 3. The second-order valence-corrected chi connectivity index (χ2v) is 5.44. The van der Waals surface area contributed by atoms with Crippen LogP contribution >= 0.6 is 0 Å². The zero-order chi connectivity index (χ0) is 15.1. The number of fused-ring (bicyclic) bond motifs is 1. The largest absolute Gasteiger partial charge is 0.338 e. The van der Waals surface area contributed by atoms with Crippen molar-refractivity contribution in [2.45, 2.75) is 25.4 Å². The monoisotopic (exact) mass is 298 g/mol. The Morgan fingerprint density at radius 1 is 1.23 bits per heavy atom. The Labute approximate surface area is 126 Å². The first-order valence-electron chi connectivity index (χ1n) is 7.25. The second kappa shape index (κ2) is 5.03. The van der Waals surface area contributed by atoms with Gasteiger partial charge in [-0.1, -0.05) is 17.3 Å². The second-order valence-electron chi connectivity index (χ2n) is 5.44. The highest BCUT2D eigenvalue weighted by atomic mass is 16.5. The van der Waals surface area contributed by atoms with Gasteiger partial charge in [0.1, 0.15) is 0 Å². The maximum Gasteiger partial charge on any atom is 0.261 e. The number of imide groups is 1. The molecular weight excluding hydrogens is 284 g/mol. The molecule has 0 radical (unpaired) electrons. The van der Waals surface area contributed by atoms with Gasteiger partial charge < -0.3 is 9.84 Å². The van der Waals surface area contributed by atoms with E-state index in [1.54, 1.807) is 24.3 Å². The van der Waals surface area contributed by atoms with Crippen molar-refractivity contribution < 1.29 is 14.1 Å². The standard InChI is InChI=1S/C15H14N4O3/c20-14-9-4-1-2-5-10(9)15(21)19(14)8-12-17-13(22-18-12)11-6-3-7-16-11/h1-2,4-5,11,16H,3,6-8H2. The molecule has 1 fully saturated rings. The first-order chi connectivity index (χ1) is 10.7. The molecule has 7 heteroatoms. The quantitative estimate of drug-likeness (QED) is 0.859. The summed E-state index contributed by atoms with van der Waals surface area (Å²) < 4.78 is 5.23. The molecule has 1 saturated heterocycles. The average molecular weight is 298 g/mol. The Hall–Kier alpha value is -2.54. The molecule has 2 aliphatic rings. The molecule has 3 heterocycles. The summed E-state index contributed by atoms with van der Waals surface area (Å²) in [7, 11) is 0. The lowest BCUT2D eigenvalue weighted by atomic mass is 10.1. The van der Waals surface area contributed by atoms with Gasteiger partial charge >= 0.3 is 0 Å². The summed E-state index contributed by atoms with van der Waals surface area (Å²) in [6.45, 7) is 0.962. The van der Waals surface area contributed by atoms with Crippen molar-refractivity contribution in [2.24, 2.45) is 0 Å². The van der Waals surface area contributed by atoms with Crippen LogP contribution in [0.2, 0.25) is 0 Å². The van der Waals surface area contributed by atoms with Gasteiger partial charge in [-0.05, 0) is 31.5 Å². The van der Waals surface area contributed by atoms with Crippen molar-refractivity contribution in [1.82, 2.24) is 20.4 Å². The zero-order valence-electron chi connectivity index (χ0n) is 11.8. The third-order valence-corrected chi connectivity index (χ3v) is 4.02. The normalized spacial score (nSPS) is 20.7. The Morgan fingerprint density at radius 3 is 2.59 bits per heavy atom. The van der Waals surface area contributed by atoms with Gasteiger partial charge in [-0.25, -0.2) is 0 Å². The molecule has 22 heavy (non-hydrogen) atoms. The Balaban J connectivity index is 1.55. The molecule has 1 aromatic carbocycles. The first-order valence-corrected chi connectivity index (χ1v) is 7.25. The van der Waals surface area contributed by atoms with Crippen molar-refractivity contribution in [3.63, 3.8) is 0 Å². The third kappa shape index (κ3) is 2.01. The fourth-order valence-electron chi connectivity index (χ4n) is 2.89. The summed E-state index contributed by atoms with van der Waals surface area (Å²) in [5.41, 5.74) is 0.849. The molecule has 112 valence electrons. The van der Waals surface area contributed by atoms with E-state index < -0.39 is 0 Å². The number of hydrogen-bond acceptors (Lipinski definition) is 6. The number of nitrogens with zero attached hydrogens (tertiary/aromatic N) is 3. The molecule has 0 aliphatic carbocycles. The van der Waals surface area contributed by atoms with Gasteiger partial charge in [0.05, 0.1) is 23.7 Å². The van der Waals surface area contributed by atoms with Crippen LogP contribution in [0, 0.1) is 0 Å². The van der Waals surface area contributed by atoms with Crippen LogP contribution in [-0.4, -0.2) is 33.4 Å². The fraction of sp³-hybridized carbons (Fsp3) is 0.333. The number of nitrogens with one attached hydrogen (secondary N) is 1. The van der Waals surface area contributed by atoms with Crippen LogP contribution in [0.15, 0.2) is 28.8 Å². The fourth-order valence-corrected chi connectivity index (χ4v) is 2.89. The number of benzene rings is 1. The zero-order valence-corrected chi connectivity index (χ0v) is 11.8. The minimum atomic E-state index is -0.314. The summed E-state index contributed by atoms with van der Waals surface area (Å²) in [6, 6.07) is 6.86. The summed E-state index contributed by atoms with van der Waals surface area (Å²) in [5.74, 6) is 0.235. The van der Waals surface area contributed by atoms with E-state index in [1.165, 1.54) is 0 Å². The van der Waals surface area contributed by atoms with Crippen LogP contribution in [0.4, 0.5) is 0 Å². The maximum atomic E-state index is 12.3. The van der Waals surface area contributed by atoms with Crippen molar-refractivity contribution >= 4 is 11.8 Å². The number of amides is 2. The van der Waals surface area contributed by atoms with E-state index in [0.29, 0.717) is 22.8 Å². The highest BCUT2D eigenvalue weighted by Crippen LogP contribution is 2.25. The van der Waals surface area contributed by atoms with Gasteiger partial charge in [0.2, 0.25) is 5.89 Å². The van der Waals surface area contributed by atoms with Crippen LogP contribution in [0.25, 0.3) is 0 Å². The summed E-state index contributed by atoms with van der Waals surface area (Å²) >= 11 is 0. The molecule has 1 unspecified atom stereocenters. The number of carbonyl (C=O) groups excluding carboxylic acids is 2. The van der Waals surface area contributed by atoms with E-state index in [-0.39, 0.29) is 24.4 Å². The van der Waals surface area contributed by atoms with Gasteiger partial charge in [-0.3, -0.25) is 14.5 Å². The molecular formula is C15H14N4O3. The summed E-state index contributed by atoms with van der Waals surface area (Å²) in [4.78, 5) is 30.0. The molecule has 2 aromatic rings. The van der Waals surface area contributed by atoms with Crippen molar-refractivity contribution in [2.75, 3.05) is 6.54 Å². The van der Waals surface area contributed by atoms with Gasteiger partial charge in [0, 0.05) is 0 Å². The SMILES string of the molecule is O=C1c2ccccc2C(=O)N1Cc1noc(C2CCCN2)n1. The highest BCUT2D eigenvalue weighted by Gasteiger charge is 2.36. The Morgan fingerprint density at radius 2 is 1.95 bits per heavy atom. The van der Waals surface area contributed by atoms with Crippen LogP contribution in [0.5, 0.6) is 0 Å². The van der Waals surface area contributed by atoms with Gasteiger partial charge in [-0.15, -0.1) is 0 Å². The molecule has 0 bridgehead atoms. The minimum absolute atomic E-state index is 0.0303. The molecule has 1 N–H and O–H groups in total. The molecule has 4 rings (SSSR count). The number of carbonyl (C=O) groups is 2. The first kappa shape index (κ1) is 13.1. The molecule has 2 aliphatic heterocycles. The summed E-state index contributed by atoms with van der Waals surface area (Å²) in [6.07, 6.45) is 2.02. The topological polar surface area (TPSA) is 88.3 Å². The smallest absolute Gasteiger partial charge is 0.261 e. The molecule has 0 saturated carbocycles. The van der Waals surface area contributed by atoms with E-state index in [1.807, 2.05) is 0 Å². The lowest BCUT2D eigenvalue weighted by Gasteiger charge is -2.10. The molecule has 1 aromatic heterocycles. The predicted molar refractivity (Wildman–Crippen MR) is 74.9 cm³/mol. The molecule has 1 atom stereocenters. The van der Waals surface area contributed by atoms with Crippen LogP contribution in [0.1, 0.15) is 51.3 Å². The van der Waals surface area contributed by atoms with E-state index >= 15 is 0 Å². The lowest BCUT2D eigenvalue weighted by molar-refractivity contribution is 0.0637. The maximum absolute atomic E-state index is 12.3. The number of hydrogen-bond donors (Lipinski definition) is 1. The van der Waals surface area contributed by atoms with Gasteiger partial charge in [-0.2, -0.15) is 4.98 Å². The number of aromatic nitrogens is 2. The average Bonchev–Trinajstić information content (AvgIpc) is 3.25. The molecule has 7 nitrogen and oxygen atoms in total. The third-order valence-electron chi connectivity index (χ3n) is 4.02. The van der Waals surface area contributed by atoms with Crippen LogP contribution in [-0.2, 0) is 6.54 Å². The molecule has 0 spiro atoms. The van der Waals surface area contributed by atoms with Crippen LogP contribution in [0.3, 0.4) is 0 Å². The van der Waals surface area contributed by atoms with Crippen molar-refractivity contribution in [1.29, 1.82) is 0 Å². The Bertz CT molecular complexity index is 714.